The molecule has 0 atom stereocenters. The molecule has 0 radical (unpaired) electrons. The highest BCUT2D eigenvalue weighted by Gasteiger charge is 2.05. The lowest BCUT2D eigenvalue weighted by atomic mass is 10.2. The van der Waals surface area contributed by atoms with Gasteiger partial charge in [-0.3, -0.25) is 4.79 Å². The van der Waals surface area contributed by atoms with Gasteiger partial charge in [0.1, 0.15) is 6.33 Å². The minimum Gasteiger partial charge on any atom is -0.396 e. The lowest BCUT2D eigenvalue weighted by Crippen LogP contribution is -2.25. The van der Waals surface area contributed by atoms with E-state index in [-0.39, 0.29) is 12.5 Å². The van der Waals surface area contributed by atoms with Crippen molar-refractivity contribution in [3.05, 3.63) is 36.2 Å². The van der Waals surface area contributed by atoms with Gasteiger partial charge in [-0.2, -0.15) is 11.8 Å². The molecule has 1 heterocycles. The van der Waals surface area contributed by atoms with Crippen molar-refractivity contribution < 1.29 is 9.90 Å². The molecular weight excluding hydrogens is 290 g/mol. The van der Waals surface area contributed by atoms with Crippen LogP contribution in [0.3, 0.4) is 0 Å². The second kappa shape index (κ2) is 8.38. The molecule has 0 aliphatic rings. The van der Waals surface area contributed by atoms with Crippen molar-refractivity contribution in [2.45, 2.75) is 6.42 Å². The van der Waals surface area contributed by atoms with Gasteiger partial charge in [0.05, 0.1) is 5.69 Å². The molecule has 7 nitrogen and oxygen atoms in total. The Labute approximate surface area is 126 Å². The Balaban J connectivity index is 1.78. The number of nitrogens with one attached hydrogen (secondary N) is 1. The van der Waals surface area contributed by atoms with Crippen LogP contribution in [0.4, 0.5) is 0 Å². The standard InChI is InChI=1S/C13H17N5O2S/c19-7-1-8-21-9-6-14-13(20)11-2-4-12(5-3-11)18-10-15-16-17-18/h2-5,10,19H,1,6-9H2,(H,14,20). The van der Waals surface area contributed by atoms with Crippen molar-refractivity contribution in [1.82, 2.24) is 25.5 Å². The van der Waals surface area contributed by atoms with Crippen LogP contribution in [0.25, 0.3) is 5.69 Å². The van der Waals surface area contributed by atoms with Crippen LogP contribution in [0.5, 0.6) is 0 Å². The zero-order valence-electron chi connectivity index (χ0n) is 11.5. The number of aliphatic hydroxyl groups is 1. The molecule has 2 N–H and O–H groups in total. The zero-order valence-corrected chi connectivity index (χ0v) is 12.3. The van der Waals surface area contributed by atoms with Crippen molar-refractivity contribution in [3.63, 3.8) is 0 Å². The maximum absolute atomic E-state index is 11.9. The van der Waals surface area contributed by atoms with Crippen LogP contribution in [0.1, 0.15) is 16.8 Å². The number of thioether (sulfide) groups is 1. The normalized spacial score (nSPS) is 10.5. The monoisotopic (exact) mass is 307 g/mol. The molecular formula is C13H17N5O2S. The third-order valence-electron chi connectivity index (χ3n) is 2.72. The fourth-order valence-electron chi connectivity index (χ4n) is 1.65. The van der Waals surface area contributed by atoms with Gasteiger partial charge in [0.2, 0.25) is 0 Å². The highest BCUT2D eigenvalue weighted by molar-refractivity contribution is 7.99. The predicted octanol–water partition coefficient (Wildman–Crippen LogP) is 0.508. The van der Waals surface area contributed by atoms with Crippen LogP contribution in [0.15, 0.2) is 30.6 Å². The highest BCUT2D eigenvalue weighted by Crippen LogP contribution is 2.07. The van der Waals surface area contributed by atoms with Crippen molar-refractivity contribution in [3.8, 4) is 5.69 Å². The van der Waals surface area contributed by atoms with Crippen LogP contribution in [-0.4, -0.2) is 55.9 Å². The summed E-state index contributed by atoms with van der Waals surface area (Å²) in [6, 6.07) is 7.07. The predicted molar refractivity (Wildman–Crippen MR) is 80.5 cm³/mol. The number of amides is 1. The van der Waals surface area contributed by atoms with E-state index in [0.29, 0.717) is 12.1 Å². The molecule has 2 aromatic rings. The highest BCUT2D eigenvalue weighted by atomic mass is 32.2. The number of hydrogen-bond acceptors (Lipinski definition) is 6. The van der Waals surface area contributed by atoms with Gasteiger partial charge in [-0.1, -0.05) is 0 Å². The third kappa shape index (κ3) is 4.83. The van der Waals surface area contributed by atoms with Gasteiger partial charge in [-0.25, -0.2) is 4.68 Å². The van der Waals surface area contributed by atoms with E-state index in [1.807, 2.05) is 0 Å². The van der Waals surface area contributed by atoms with Crippen molar-refractivity contribution >= 4 is 17.7 Å². The summed E-state index contributed by atoms with van der Waals surface area (Å²) < 4.78 is 1.53. The first-order valence-corrected chi connectivity index (χ1v) is 7.77. The summed E-state index contributed by atoms with van der Waals surface area (Å²) in [5, 5.41) is 22.4. The molecule has 1 amide bonds. The number of carbonyl (C=O) groups is 1. The Hall–Kier alpha value is -1.93. The van der Waals surface area contributed by atoms with E-state index < -0.39 is 0 Å². The first-order chi connectivity index (χ1) is 10.3. The molecule has 112 valence electrons. The van der Waals surface area contributed by atoms with Crippen LogP contribution in [-0.2, 0) is 0 Å². The lowest BCUT2D eigenvalue weighted by Gasteiger charge is -2.06. The van der Waals surface area contributed by atoms with Crippen LogP contribution in [0, 0.1) is 0 Å². The van der Waals surface area contributed by atoms with E-state index in [2.05, 4.69) is 20.8 Å². The molecule has 0 saturated carbocycles. The zero-order chi connectivity index (χ0) is 14.9. The van der Waals surface area contributed by atoms with Gasteiger partial charge in [0, 0.05) is 24.5 Å². The van der Waals surface area contributed by atoms with Gasteiger partial charge >= 0.3 is 0 Å². The number of hydrogen-bond donors (Lipinski definition) is 2. The van der Waals surface area contributed by atoms with E-state index in [1.54, 1.807) is 36.0 Å². The molecule has 1 aromatic heterocycles. The Kier molecular flexibility index (Phi) is 6.17. The summed E-state index contributed by atoms with van der Waals surface area (Å²) in [5.41, 5.74) is 1.41. The van der Waals surface area contributed by atoms with Crippen LogP contribution < -0.4 is 5.32 Å². The molecule has 0 saturated heterocycles. The number of rotatable bonds is 8. The van der Waals surface area contributed by atoms with E-state index in [9.17, 15) is 4.79 Å². The first-order valence-electron chi connectivity index (χ1n) is 6.61. The number of aliphatic hydroxyl groups excluding tert-OH is 1. The summed E-state index contributed by atoms with van der Waals surface area (Å²) in [4.78, 5) is 11.9. The summed E-state index contributed by atoms with van der Waals surface area (Å²) in [6.07, 6.45) is 2.29. The Morgan fingerprint density at radius 1 is 1.29 bits per heavy atom. The Bertz CT molecular complexity index is 544. The fourth-order valence-corrected chi connectivity index (χ4v) is 2.44. The minimum absolute atomic E-state index is 0.0963. The van der Waals surface area contributed by atoms with Crippen molar-refractivity contribution in [1.29, 1.82) is 0 Å². The number of aromatic nitrogens is 4. The second-order valence-electron chi connectivity index (χ2n) is 4.25. The van der Waals surface area contributed by atoms with Gasteiger partial charge < -0.3 is 10.4 Å². The molecule has 0 fully saturated rings. The topological polar surface area (TPSA) is 92.9 Å². The summed E-state index contributed by atoms with van der Waals surface area (Å²) in [6.45, 7) is 0.830. The van der Waals surface area contributed by atoms with Crippen LogP contribution in [0.2, 0.25) is 0 Å². The minimum atomic E-state index is -0.0963. The molecule has 0 bridgehead atoms. The van der Waals surface area contributed by atoms with E-state index in [4.69, 9.17) is 5.11 Å². The number of tetrazole rings is 1. The number of nitrogens with zero attached hydrogens (tertiary/aromatic N) is 4. The van der Waals surface area contributed by atoms with Gasteiger partial charge in [0.25, 0.3) is 5.91 Å². The molecule has 0 spiro atoms. The summed E-state index contributed by atoms with van der Waals surface area (Å²) in [5.74, 6) is 1.66. The smallest absolute Gasteiger partial charge is 0.251 e. The average Bonchev–Trinajstić information content (AvgIpc) is 3.05. The Morgan fingerprint density at radius 3 is 2.76 bits per heavy atom. The number of benzene rings is 1. The van der Waals surface area contributed by atoms with Gasteiger partial charge in [0.15, 0.2) is 0 Å². The molecule has 2 rings (SSSR count). The molecule has 0 unspecified atom stereocenters. The largest absolute Gasteiger partial charge is 0.396 e. The van der Waals surface area contributed by atoms with Crippen molar-refractivity contribution in [2.75, 3.05) is 24.7 Å². The first kappa shape index (κ1) is 15.5. The maximum Gasteiger partial charge on any atom is 0.251 e. The fraction of sp³-hybridized carbons (Fsp3) is 0.385. The maximum atomic E-state index is 11.9. The SMILES string of the molecule is O=C(NCCSCCCO)c1ccc(-n2cnnn2)cc1. The second-order valence-corrected chi connectivity index (χ2v) is 5.47. The van der Waals surface area contributed by atoms with E-state index in [1.165, 1.54) is 11.0 Å². The van der Waals surface area contributed by atoms with E-state index >= 15 is 0 Å². The average molecular weight is 307 g/mol. The summed E-state index contributed by atoms with van der Waals surface area (Å²) >= 11 is 1.72. The lowest BCUT2D eigenvalue weighted by molar-refractivity contribution is 0.0956. The third-order valence-corrected chi connectivity index (χ3v) is 3.79. The molecule has 0 aliphatic heterocycles. The Morgan fingerprint density at radius 2 is 2.10 bits per heavy atom. The number of carbonyl (C=O) groups excluding carboxylic acids is 1. The van der Waals surface area contributed by atoms with E-state index in [0.717, 1.165) is 23.6 Å². The molecule has 1 aromatic carbocycles. The van der Waals surface area contributed by atoms with Crippen molar-refractivity contribution in [2.24, 2.45) is 0 Å². The van der Waals surface area contributed by atoms with Gasteiger partial charge in [-0.15, -0.1) is 5.10 Å². The molecule has 8 heteroatoms. The molecule has 21 heavy (non-hydrogen) atoms. The summed E-state index contributed by atoms with van der Waals surface area (Å²) in [7, 11) is 0. The molecule has 0 aliphatic carbocycles. The van der Waals surface area contributed by atoms with Gasteiger partial charge in [-0.05, 0) is 46.9 Å². The van der Waals surface area contributed by atoms with Crippen LogP contribution >= 0.6 is 11.8 Å². The quantitative estimate of drug-likeness (QED) is 0.690.